The van der Waals surface area contributed by atoms with Crippen molar-refractivity contribution < 1.29 is 56.0 Å². The number of alkyl halides is 6. The van der Waals surface area contributed by atoms with Gasteiger partial charge in [-0.2, -0.15) is 26.3 Å². The Morgan fingerprint density at radius 3 is 2.27 bits per heavy atom. The molecule has 244 valence electrons. The quantitative estimate of drug-likeness (QED) is 0.212. The number of rotatable bonds is 8. The second-order valence-electron chi connectivity index (χ2n) is 9.35. The molecule has 18 heteroatoms. The van der Waals surface area contributed by atoms with Crippen molar-refractivity contribution >= 4 is 39.0 Å². The number of nitrogens with zero attached hydrogens (tertiary/aromatic N) is 3. The highest BCUT2D eigenvalue weighted by Gasteiger charge is 2.38. The average Bonchev–Trinajstić information content (AvgIpc) is 3.38. The summed E-state index contributed by atoms with van der Waals surface area (Å²) in [5, 5.41) is 28.0. The van der Waals surface area contributed by atoms with Crippen LogP contribution in [0.15, 0.2) is 41.0 Å². The van der Waals surface area contributed by atoms with Crippen molar-refractivity contribution in [1.29, 1.82) is 0 Å². The van der Waals surface area contributed by atoms with E-state index in [9.17, 15) is 31.4 Å². The number of likely N-dealkylation sites (N-methyl/N-ethyl adjacent to an activating group) is 1. The van der Waals surface area contributed by atoms with Crippen LogP contribution in [0.25, 0.3) is 22.6 Å². The first-order valence-corrected chi connectivity index (χ1v) is 13.8. The van der Waals surface area contributed by atoms with Crippen LogP contribution < -0.4 is 10.1 Å². The van der Waals surface area contributed by atoms with Crippen LogP contribution in [0.5, 0.6) is 5.75 Å². The van der Waals surface area contributed by atoms with Crippen molar-refractivity contribution in [2.24, 2.45) is 0 Å². The molecule has 11 nitrogen and oxygen atoms in total. The third kappa shape index (κ3) is 12.6. The summed E-state index contributed by atoms with van der Waals surface area (Å²) in [6.07, 6.45) is -6.59. The molecule has 5 N–H and O–H groups in total. The maximum atomic E-state index is 10.6. The van der Waals surface area contributed by atoms with E-state index in [2.05, 4.69) is 48.0 Å². The van der Waals surface area contributed by atoms with E-state index in [1.807, 2.05) is 30.3 Å². The number of hydrogen-bond donors (Lipinski definition) is 5. The van der Waals surface area contributed by atoms with Crippen LogP contribution >= 0.6 is 15.9 Å². The third-order valence-electron chi connectivity index (χ3n) is 5.95. The number of carboxylic acid groups (broad SMARTS) is 2. The molecular weight excluding hydrogens is 672 g/mol. The van der Waals surface area contributed by atoms with Crippen LogP contribution in [0.3, 0.4) is 0 Å². The molecule has 0 bridgehead atoms. The van der Waals surface area contributed by atoms with Gasteiger partial charge in [0.15, 0.2) is 5.65 Å². The zero-order chi connectivity index (χ0) is 33.1. The Morgan fingerprint density at radius 1 is 1.14 bits per heavy atom. The van der Waals surface area contributed by atoms with Crippen LogP contribution in [0, 0.1) is 0 Å². The lowest BCUT2D eigenvalue weighted by Crippen LogP contribution is -2.48. The van der Waals surface area contributed by atoms with Gasteiger partial charge in [0.1, 0.15) is 24.3 Å². The van der Waals surface area contributed by atoms with Gasteiger partial charge in [0, 0.05) is 35.4 Å². The number of aliphatic hydroxyl groups excluding tert-OH is 1. The Balaban J connectivity index is 0.000000402. The fourth-order valence-electron chi connectivity index (χ4n) is 3.78. The first kappa shape index (κ1) is 36.7. The summed E-state index contributed by atoms with van der Waals surface area (Å²) in [4.78, 5) is 32.4. The molecule has 0 radical (unpaired) electrons. The summed E-state index contributed by atoms with van der Waals surface area (Å²) < 4.78 is 70.1. The number of fused-ring (bicyclic) bond motifs is 1. The van der Waals surface area contributed by atoms with Crippen molar-refractivity contribution in [3.63, 3.8) is 0 Å². The fourth-order valence-corrected chi connectivity index (χ4v) is 4.12. The van der Waals surface area contributed by atoms with Gasteiger partial charge >= 0.3 is 24.3 Å². The molecule has 1 aliphatic rings. The number of pyridine rings is 1. The third-order valence-corrected chi connectivity index (χ3v) is 6.39. The van der Waals surface area contributed by atoms with Gasteiger partial charge in [0.05, 0.1) is 5.52 Å². The highest BCUT2D eigenvalue weighted by Crippen LogP contribution is 2.23. The van der Waals surface area contributed by atoms with E-state index in [4.69, 9.17) is 24.5 Å². The number of aromatic nitrogens is 3. The smallest absolute Gasteiger partial charge is 0.490 e. The predicted octanol–water partition coefficient (Wildman–Crippen LogP) is 4.47. The van der Waals surface area contributed by atoms with E-state index in [1.165, 1.54) is 19.4 Å². The number of halogens is 7. The molecule has 1 aliphatic heterocycles. The van der Waals surface area contributed by atoms with E-state index in [1.54, 1.807) is 6.20 Å². The second kappa shape index (κ2) is 16.6. The van der Waals surface area contributed by atoms with Gasteiger partial charge in [-0.15, -0.1) is 0 Å². The van der Waals surface area contributed by atoms with Crippen molar-refractivity contribution in [2.75, 3.05) is 32.8 Å². The zero-order valence-electron chi connectivity index (χ0n) is 23.1. The molecule has 1 fully saturated rings. The number of nitrogens with one attached hydrogen (secondary N) is 2. The van der Waals surface area contributed by atoms with Crippen molar-refractivity contribution in [2.45, 2.75) is 44.3 Å². The Hall–Kier alpha value is -3.48. The molecule has 2 aromatic heterocycles. The standard InChI is InChI=1S/C22H28BrN5O2.2C2HF3O2/c1-2-28-9-3-4-17(13-28)24-12-18(29)14-30-19-7-5-15(6-8-19)21-26-20-10-16(23)11-25-22(20)27-21;2*3-2(4,5)1(6)7/h5-8,10-11,17-18,24,29H,2-4,9,12-14H2,1H3,(H,25,26,27);2*(H,6,7). The summed E-state index contributed by atoms with van der Waals surface area (Å²) in [7, 11) is 0. The van der Waals surface area contributed by atoms with Crippen LogP contribution in [0.1, 0.15) is 19.8 Å². The molecule has 3 aromatic rings. The Bertz CT molecular complexity index is 1330. The Labute approximate surface area is 255 Å². The number of H-pyrrole nitrogens is 1. The van der Waals surface area contributed by atoms with Gasteiger partial charge in [0.25, 0.3) is 0 Å². The molecular formula is C26H30BrF6N5O6. The largest absolute Gasteiger partial charge is 0.491 e. The second-order valence-corrected chi connectivity index (χ2v) is 10.3. The Morgan fingerprint density at radius 2 is 1.73 bits per heavy atom. The van der Waals surface area contributed by atoms with Crippen molar-refractivity contribution in [1.82, 2.24) is 25.2 Å². The molecule has 1 saturated heterocycles. The minimum absolute atomic E-state index is 0.263. The van der Waals surface area contributed by atoms with Gasteiger partial charge in [-0.1, -0.05) is 6.92 Å². The van der Waals surface area contributed by atoms with Gasteiger partial charge in [-0.3, -0.25) is 0 Å². The van der Waals surface area contributed by atoms with Crippen LogP contribution in [0.2, 0.25) is 0 Å². The number of aliphatic hydroxyl groups is 1. The van der Waals surface area contributed by atoms with Crippen LogP contribution in [-0.4, -0.2) is 104 Å². The summed E-state index contributed by atoms with van der Waals surface area (Å²) in [6.45, 7) is 6.32. The molecule has 4 rings (SSSR count). The number of aromatic amines is 1. The average molecular weight is 702 g/mol. The van der Waals surface area contributed by atoms with E-state index in [-0.39, 0.29) is 6.61 Å². The van der Waals surface area contributed by atoms with Gasteiger partial charge < -0.3 is 35.3 Å². The van der Waals surface area contributed by atoms with E-state index in [0.717, 1.165) is 40.2 Å². The van der Waals surface area contributed by atoms with Crippen LogP contribution in [-0.2, 0) is 9.59 Å². The summed E-state index contributed by atoms with van der Waals surface area (Å²) in [6, 6.07) is 10.1. The summed E-state index contributed by atoms with van der Waals surface area (Å²) in [5.74, 6) is -4.02. The fraction of sp³-hybridized carbons (Fsp3) is 0.462. The number of likely N-dealkylation sites (tertiary alicyclic amines) is 1. The number of benzene rings is 1. The molecule has 0 saturated carbocycles. The maximum Gasteiger partial charge on any atom is 0.490 e. The molecule has 0 aliphatic carbocycles. The van der Waals surface area contributed by atoms with Crippen molar-refractivity contribution in [3.8, 4) is 17.1 Å². The predicted molar refractivity (Wildman–Crippen MR) is 149 cm³/mol. The minimum atomic E-state index is -5.08. The van der Waals surface area contributed by atoms with E-state index < -0.39 is 30.4 Å². The number of ether oxygens (including phenoxy) is 1. The Kier molecular flexibility index (Phi) is 13.8. The number of piperidine rings is 1. The number of carboxylic acids is 2. The first-order chi connectivity index (χ1) is 20.5. The van der Waals surface area contributed by atoms with Crippen LogP contribution in [0.4, 0.5) is 26.3 Å². The lowest BCUT2D eigenvalue weighted by molar-refractivity contribution is -0.193. The molecule has 0 spiro atoms. The summed E-state index contributed by atoms with van der Waals surface area (Å²) >= 11 is 3.42. The molecule has 44 heavy (non-hydrogen) atoms. The lowest BCUT2D eigenvalue weighted by atomic mass is 10.1. The van der Waals surface area contributed by atoms with E-state index in [0.29, 0.717) is 18.2 Å². The molecule has 1 aromatic carbocycles. The van der Waals surface area contributed by atoms with E-state index >= 15 is 0 Å². The minimum Gasteiger partial charge on any atom is -0.491 e. The lowest BCUT2D eigenvalue weighted by Gasteiger charge is -2.32. The number of hydrogen-bond acceptors (Lipinski definition) is 8. The topological polar surface area (TPSA) is 161 Å². The highest BCUT2D eigenvalue weighted by atomic mass is 79.9. The van der Waals surface area contributed by atoms with Crippen molar-refractivity contribution in [3.05, 3.63) is 41.0 Å². The molecule has 2 unspecified atom stereocenters. The molecule has 3 heterocycles. The first-order valence-electron chi connectivity index (χ1n) is 13.0. The molecule has 2 atom stereocenters. The number of aliphatic carboxylic acids is 2. The monoisotopic (exact) mass is 701 g/mol. The van der Waals surface area contributed by atoms with Gasteiger partial charge in [-0.05, 0) is 72.2 Å². The summed E-state index contributed by atoms with van der Waals surface area (Å²) in [5.41, 5.74) is 2.52. The van der Waals surface area contributed by atoms with Gasteiger partial charge in [0.2, 0.25) is 0 Å². The molecule has 0 amide bonds. The SMILES string of the molecule is CCN1CCCC(NCC(O)COc2ccc(-c3nc4ncc(Br)cc4[nH]3)cc2)C1.O=C(O)C(F)(F)F.O=C(O)C(F)(F)F. The maximum absolute atomic E-state index is 10.6. The zero-order valence-corrected chi connectivity index (χ0v) is 24.7. The number of imidazole rings is 1. The number of carbonyl (C=O) groups is 2. The van der Waals surface area contributed by atoms with Gasteiger partial charge in [-0.25, -0.2) is 19.6 Å². The normalized spacial score (nSPS) is 16.2. The highest BCUT2D eigenvalue weighted by molar-refractivity contribution is 9.10.